The van der Waals surface area contributed by atoms with Gasteiger partial charge >= 0.3 is 29.6 Å². The molecule has 0 aliphatic carbocycles. The molecule has 0 saturated carbocycles. The van der Waals surface area contributed by atoms with Gasteiger partial charge < -0.3 is 4.57 Å². The Labute approximate surface area is 72.0 Å². The van der Waals surface area contributed by atoms with Crippen LogP contribution in [0.1, 0.15) is 5.69 Å². The van der Waals surface area contributed by atoms with E-state index in [0.29, 0.717) is 0 Å². The van der Waals surface area contributed by atoms with Crippen LogP contribution in [-0.4, -0.2) is 34.1 Å². The van der Waals surface area contributed by atoms with E-state index in [2.05, 4.69) is 17.6 Å². The van der Waals surface area contributed by atoms with Crippen molar-refractivity contribution in [1.29, 1.82) is 0 Å². The Morgan fingerprint density at radius 2 is 2.12 bits per heavy atom. The molecule has 1 rings (SSSR count). The van der Waals surface area contributed by atoms with Crippen LogP contribution in [0.5, 0.6) is 0 Å². The first-order chi connectivity index (χ1) is 3.30. The summed E-state index contributed by atoms with van der Waals surface area (Å²) in [7, 11) is 2.04. The molecule has 0 aliphatic rings. The van der Waals surface area contributed by atoms with Crippen LogP contribution in [0.3, 0.4) is 0 Å². The molecule has 0 N–H and O–H groups in total. The molecule has 2 heteroatoms. The summed E-state index contributed by atoms with van der Waals surface area (Å²) in [4.78, 5) is 0. The van der Waals surface area contributed by atoms with Crippen LogP contribution < -0.4 is 0 Å². The fourth-order valence-corrected chi connectivity index (χ4v) is 0.547. The van der Waals surface area contributed by atoms with E-state index in [9.17, 15) is 0 Å². The second-order valence-electron chi connectivity index (χ2n) is 1.76. The number of hydrogen-bond donors (Lipinski definition) is 0. The first-order valence-corrected chi connectivity index (χ1v) is 2.38. The molecule has 1 aromatic heterocycles. The molecule has 0 fully saturated rings. The Balaban J connectivity index is 0.000000490. The van der Waals surface area contributed by atoms with Gasteiger partial charge in [0.2, 0.25) is 0 Å². The molecule has 0 amide bonds. The summed E-state index contributed by atoms with van der Waals surface area (Å²) in [6.07, 6.45) is 2.04. The Morgan fingerprint density at radius 1 is 1.50 bits per heavy atom. The van der Waals surface area contributed by atoms with Crippen LogP contribution >= 0.6 is 0 Å². The SMILES string of the molecule is Cc1cccn1C.[NaH]. The molecule has 1 aromatic rings. The number of rotatable bonds is 0. The molecule has 0 radical (unpaired) electrons. The van der Waals surface area contributed by atoms with Crippen molar-refractivity contribution in [1.82, 2.24) is 4.57 Å². The van der Waals surface area contributed by atoms with Gasteiger partial charge in [-0.05, 0) is 19.1 Å². The average molecular weight is 119 g/mol. The van der Waals surface area contributed by atoms with E-state index in [0.717, 1.165) is 0 Å². The van der Waals surface area contributed by atoms with E-state index in [4.69, 9.17) is 0 Å². The van der Waals surface area contributed by atoms with E-state index in [1.807, 2.05) is 19.3 Å². The number of hydrogen-bond acceptors (Lipinski definition) is 0. The van der Waals surface area contributed by atoms with Crippen molar-refractivity contribution in [3.8, 4) is 0 Å². The van der Waals surface area contributed by atoms with E-state index >= 15 is 0 Å². The van der Waals surface area contributed by atoms with Crippen LogP contribution in [0, 0.1) is 6.92 Å². The quantitative estimate of drug-likeness (QED) is 0.443. The Kier molecular flexibility index (Phi) is 3.45. The monoisotopic (exact) mass is 119 g/mol. The summed E-state index contributed by atoms with van der Waals surface area (Å²) in [6.45, 7) is 2.08. The Bertz CT molecular complexity index is 141. The van der Waals surface area contributed by atoms with Crippen LogP contribution in [0.4, 0.5) is 0 Å². The van der Waals surface area contributed by atoms with Gasteiger partial charge in [0.1, 0.15) is 0 Å². The van der Waals surface area contributed by atoms with Crippen molar-refractivity contribution in [2.24, 2.45) is 7.05 Å². The summed E-state index contributed by atoms with van der Waals surface area (Å²) in [6, 6.07) is 4.12. The molecule has 0 aliphatic heterocycles. The van der Waals surface area contributed by atoms with Crippen molar-refractivity contribution in [3.63, 3.8) is 0 Å². The second-order valence-corrected chi connectivity index (χ2v) is 1.76. The number of aryl methyl sites for hydroxylation is 2. The van der Waals surface area contributed by atoms with Crippen LogP contribution in [0.2, 0.25) is 0 Å². The fraction of sp³-hybridized carbons (Fsp3) is 0.333. The molecule has 0 atom stereocenters. The van der Waals surface area contributed by atoms with Gasteiger partial charge in [0.25, 0.3) is 0 Å². The molecule has 0 aromatic carbocycles. The van der Waals surface area contributed by atoms with Gasteiger partial charge in [-0.3, -0.25) is 0 Å². The van der Waals surface area contributed by atoms with E-state index < -0.39 is 0 Å². The van der Waals surface area contributed by atoms with E-state index in [1.54, 1.807) is 0 Å². The zero-order valence-electron chi connectivity index (χ0n) is 4.68. The third-order valence-corrected chi connectivity index (χ3v) is 1.20. The van der Waals surface area contributed by atoms with Gasteiger partial charge in [-0.15, -0.1) is 0 Å². The van der Waals surface area contributed by atoms with Crippen molar-refractivity contribution >= 4 is 29.6 Å². The third kappa shape index (κ3) is 1.66. The van der Waals surface area contributed by atoms with Crippen LogP contribution in [0.15, 0.2) is 18.3 Å². The van der Waals surface area contributed by atoms with E-state index in [1.165, 1.54) is 5.69 Å². The van der Waals surface area contributed by atoms with Gasteiger partial charge in [-0.25, -0.2) is 0 Å². The van der Waals surface area contributed by atoms with Crippen molar-refractivity contribution in [2.45, 2.75) is 6.92 Å². The third-order valence-electron chi connectivity index (χ3n) is 1.20. The molecule has 0 unspecified atom stereocenters. The van der Waals surface area contributed by atoms with Crippen molar-refractivity contribution < 1.29 is 0 Å². The van der Waals surface area contributed by atoms with Gasteiger partial charge in [-0.2, -0.15) is 0 Å². The normalized spacial score (nSPS) is 8.25. The van der Waals surface area contributed by atoms with Gasteiger partial charge in [0.05, 0.1) is 0 Å². The first-order valence-electron chi connectivity index (χ1n) is 2.38. The summed E-state index contributed by atoms with van der Waals surface area (Å²) < 4.78 is 2.08. The predicted octanol–water partition coefficient (Wildman–Crippen LogP) is 0.685. The molecule has 0 bridgehead atoms. The van der Waals surface area contributed by atoms with Crippen LogP contribution in [-0.2, 0) is 7.05 Å². The standard InChI is InChI=1S/C6H9N.Na.H/c1-6-4-3-5-7(6)2;;/h3-5H,1-2H3;;. The second kappa shape index (κ2) is 3.33. The minimum atomic E-state index is 0. The number of aromatic nitrogens is 1. The fourth-order valence-electron chi connectivity index (χ4n) is 0.547. The van der Waals surface area contributed by atoms with Gasteiger partial charge in [0, 0.05) is 18.9 Å². The number of nitrogens with zero attached hydrogens (tertiary/aromatic N) is 1. The molecule has 0 spiro atoms. The topological polar surface area (TPSA) is 4.93 Å². The average Bonchev–Trinajstić information content (AvgIpc) is 1.91. The maximum atomic E-state index is 2.08. The predicted molar refractivity (Wildman–Crippen MR) is 37.3 cm³/mol. The maximum absolute atomic E-state index is 2.08. The van der Waals surface area contributed by atoms with Crippen molar-refractivity contribution in [3.05, 3.63) is 24.0 Å². The Morgan fingerprint density at radius 3 is 2.25 bits per heavy atom. The van der Waals surface area contributed by atoms with Gasteiger partial charge in [-0.1, -0.05) is 0 Å². The summed E-state index contributed by atoms with van der Waals surface area (Å²) in [5.41, 5.74) is 1.31. The molecule has 40 valence electrons. The van der Waals surface area contributed by atoms with E-state index in [-0.39, 0.29) is 29.6 Å². The minimum absolute atomic E-state index is 0. The molecule has 1 heterocycles. The zero-order valence-corrected chi connectivity index (χ0v) is 4.68. The van der Waals surface area contributed by atoms with Crippen molar-refractivity contribution in [2.75, 3.05) is 0 Å². The molecule has 0 saturated heterocycles. The first kappa shape index (κ1) is 8.28. The van der Waals surface area contributed by atoms with Crippen LogP contribution in [0.25, 0.3) is 0 Å². The Hall–Kier alpha value is 0.280. The summed E-state index contributed by atoms with van der Waals surface area (Å²) in [5.74, 6) is 0. The summed E-state index contributed by atoms with van der Waals surface area (Å²) >= 11 is 0. The van der Waals surface area contributed by atoms with Gasteiger partial charge in [0.15, 0.2) is 0 Å². The molecular formula is C6H10NNa. The zero-order chi connectivity index (χ0) is 5.28. The molecule has 8 heavy (non-hydrogen) atoms. The molecular weight excluding hydrogens is 109 g/mol. The summed E-state index contributed by atoms with van der Waals surface area (Å²) in [5, 5.41) is 0. The molecule has 1 nitrogen and oxygen atoms in total.